The maximum absolute atomic E-state index is 13.7. The van der Waals surface area contributed by atoms with Gasteiger partial charge in [0, 0.05) is 25.1 Å². The molecule has 0 spiro atoms. The van der Waals surface area contributed by atoms with Crippen molar-refractivity contribution in [1.29, 1.82) is 0 Å². The van der Waals surface area contributed by atoms with Crippen LogP contribution in [0.5, 0.6) is 0 Å². The second-order valence-electron chi connectivity index (χ2n) is 10.5. The Bertz CT molecular complexity index is 1080. The van der Waals surface area contributed by atoms with Crippen molar-refractivity contribution in [3.63, 3.8) is 0 Å². The van der Waals surface area contributed by atoms with Crippen LogP contribution < -0.4 is 21.3 Å². The second-order valence-corrected chi connectivity index (χ2v) is 10.9. The molecule has 4 N–H and O–H groups in total. The van der Waals surface area contributed by atoms with E-state index >= 15 is 0 Å². The molecule has 9 nitrogen and oxygen atoms in total. The summed E-state index contributed by atoms with van der Waals surface area (Å²) in [5, 5.41) is 10.4. The van der Waals surface area contributed by atoms with Crippen LogP contribution in [-0.2, 0) is 24.0 Å². The lowest BCUT2D eigenvalue weighted by molar-refractivity contribution is -0.141. The van der Waals surface area contributed by atoms with Crippen LogP contribution in [0, 0.1) is 11.2 Å². The maximum Gasteiger partial charge on any atom is 0.289 e. The Labute approximate surface area is 227 Å². The Kier molecular flexibility index (Phi) is 11.4. The largest absolute Gasteiger partial charge is 0.356 e. The van der Waals surface area contributed by atoms with Crippen LogP contribution in [0.15, 0.2) is 24.3 Å². The molecule has 2 atom stereocenters. The number of rotatable bonds is 13. The minimum Gasteiger partial charge on any atom is -0.356 e. The molecule has 11 heteroatoms. The van der Waals surface area contributed by atoms with E-state index in [2.05, 4.69) is 21.3 Å². The minimum atomic E-state index is -1.24. The molecule has 1 fully saturated rings. The average Bonchev–Trinajstić information content (AvgIpc) is 3.64. The summed E-state index contributed by atoms with van der Waals surface area (Å²) in [6.07, 6.45) is 4.17. The van der Waals surface area contributed by atoms with Gasteiger partial charge in [0.15, 0.2) is 0 Å². The summed E-state index contributed by atoms with van der Waals surface area (Å²) in [6, 6.07) is 1.73. The number of hydrogen-bond acceptors (Lipinski definition) is 5. The predicted octanol–water partition coefficient (Wildman–Crippen LogP) is 2.66. The van der Waals surface area contributed by atoms with Crippen molar-refractivity contribution in [1.82, 2.24) is 21.3 Å². The van der Waals surface area contributed by atoms with Crippen molar-refractivity contribution in [3.8, 4) is 0 Å². The fourth-order valence-corrected chi connectivity index (χ4v) is 3.69. The first-order valence-corrected chi connectivity index (χ1v) is 13.0. The molecule has 1 unspecified atom stereocenters. The van der Waals surface area contributed by atoms with Gasteiger partial charge >= 0.3 is 0 Å². The van der Waals surface area contributed by atoms with E-state index < -0.39 is 41.4 Å². The molecule has 38 heavy (non-hydrogen) atoms. The van der Waals surface area contributed by atoms with E-state index in [1.165, 1.54) is 24.3 Å². The van der Waals surface area contributed by atoms with Gasteiger partial charge in [-0.2, -0.15) is 0 Å². The quantitative estimate of drug-likeness (QED) is 0.221. The van der Waals surface area contributed by atoms with E-state index in [0.29, 0.717) is 12.1 Å². The molecule has 0 bridgehead atoms. The van der Waals surface area contributed by atoms with E-state index in [1.807, 2.05) is 20.8 Å². The average molecular weight is 551 g/mol. The normalized spacial score (nSPS) is 14.9. The van der Waals surface area contributed by atoms with Gasteiger partial charge in [0.25, 0.3) is 5.91 Å². The number of carbonyl (C=O) groups is 5. The summed E-state index contributed by atoms with van der Waals surface area (Å²) in [4.78, 5) is 63.1. The molecular formula is C27H36ClFN4O5. The van der Waals surface area contributed by atoms with E-state index in [1.54, 1.807) is 6.92 Å². The van der Waals surface area contributed by atoms with Gasteiger partial charge in [-0.15, -0.1) is 0 Å². The van der Waals surface area contributed by atoms with Gasteiger partial charge in [-0.1, -0.05) is 38.4 Å². The van der Waals surface area contributed by atoms with Crippen LogP contribution in [0.3, 0.4) is 0 Å². The molecule has 0 aliphatic heterocycles. The highest BCUT2D eigenvalue weighted by molar-refractivity contribution is 6.38. The monoisotopic (exact) mass is 550 g/mol. The van der Waals surface area contributed by atoms with Crippen LogP contribution in [0.25, 0.3) is 6.08 Å². The minimum absolute atomic E-state index is 0.0457. The van der Waals surface area contributed by atoms with Gasteiger partial charge in [0.05, 0.1) is 11.1 Å². The fourth-order valence-electron chi connectivity index (χ4n) is 3.57. The van der Waals surface area contributed by atoms with Gasteiger partial charge in [0.2, 0.25) is 23.5 Å². The predicted molar refractivity (Wildman–Crippen MR) is 142 cm³/mol. The van der Waals surface area contributed by atoms with E-state index in [0.717, 1.165) is 18.9 Å². The van der Waals surface area contributed by atoms with Crippen molar-refractivity contribution in [2.24, 2.45) is 5.41 Å². The SMILES string of the molecule is CCNC(=O)CCC(NC(=O)[C@H](CC(C)(C)C)NC(=O)/C=C/c1ccc(Cl)c(F)c1)C(=O)C(=O)NC1CC1. The third-order valence-corrected chi connectivity index (χ3v) is 5.93. The van der Waals surface area contributed by atoms with Crippen LogP contribution >= 0.6 is 11.6 Å². The zero-order chi connectivity index (χ0) is 28.5. The lowest BCUT2D eigenvalue weighted by atomic mass is 9.87. The van der Waals surface area contributed by atoms with Crippen LogP contribution in [0.1, 0.15) is 65.4 Å². The molecule has 0 heterocycles. The molecule has 1 aliphatic rings. The molecule has 208 valence electrons. The zero-order valence-electron chi connectivity index (χ0n) is 22.2. The highest BCUT2D eigenvalue weighted by Crippen LogP contribution is 2.22. The molecule has 1 aromatic carbocycles. The molecule has 1 aliphatic carbocycles. The molecule has 1 saturated carbocycles. The van der Waals surface area contributed by atoms with Crippen LogP contribution in [0.4, 0.5) is 4.39 Å². The molecular weight excluding hydrogens is 515 g/mol. The van der Waals surface area contributed by atoms with E-state index in [-0.39, 0.29) is 41.6 Å². The number of hydrogen-bond donors (Lipinski definition) is 4. The number of ketones is 1. The second kappa shape index (κ2) is 14.0. The first-order valence-electron chi connectivity index (χ1n) is 12.6. The topological polar surface area (TPSA) is 133 Å². The summed E-state index contributed by atoms with van der Waals surface area (Å²) < 4.78 is 13.7. The van der Waals surface area contributed by atoms with Crippen LogP contribution in [0.2, 0.25) is 5.02 Å². The standard InChI is InChI=1S/C27H36ClFN4O5/c1-5-30-22(34)13-11-20(24(36)26(38)31-17-8-9-17)33-25(37)21(15-27(2,3)4)32-23(35)12-7-16-6-10-18(28)19(29)14-16/h6-7,10,12,14,17,20-21H,5,8-9,11,13,15H2,1-4H3,(H,30,34)(H,31,38)(H,32,35)(H,33,37)/b12-7+/t20?,21-/m0/s1. The van der Waals surface area contributed by atoms with Gasteiger partial charge in [-0.05, 0) is 61.8 Å². The van der Waals surface area contributed by atoms with Crippen molar-refractivity contribution < 1.29 is 28.4 Å². The molecule has 0 radical (unpaired) electrons. The smallest absolute Gasteiger partial charge is 0.289 e. The number of benzene rings is 1. The number of amides is 4. The van der Waals surface area contributed by atoms with E-state index in [9.17, 15) is 28.4 Å². The highest BCUT2D eigenvalue weighted by atomic mass is 35.5. The summed E-state index contributed by atoms with van der Waals surface area (Å²) >= 11 is 5.68. The Morgan fingerprint density at radius 3 is 2.37 bits per heavy atom. The lowest BCUT2D eigenvalue weighted by Crippen LogP contribution is -2.54. The molecule has 0 saturated heterocycles. The number of carbonyl (C=O) groups excluding carboxylic acids is 5. The summed E-state index contributed by atoms with van der Waals surface area (Å²) in [5.74, 6) is -3.88. The fraction of sp³-hybridized carbons (Fsp3) is 0.519. The summed E-state index contributed by atoms with van der Waals surface area (Å²) in [6.45, 7) is 7.80. The Hall–Kier alpha value is -3.27. The molecule has 4 amide bonds. The third-order valence-electron chi connectivity index (χ3n) is 5.62. The summed E-state index contributed by atoms with van der Waals surface area (Å²) in [7, 11) is 0. The van der Waals surface area contributed by atoms with Crippen molar-refractivity contribution in [2.75, 3.05) is 6.54 Å². The van der Waals surface area contributed by atoms with Crippen molar-refractivity contribution in [2.45, 2.75) is 77.9 Å². The maximum atomic E-state index is 13.7. The number of nitrogens with one attached hydrogen (secondary N) is 4. The highest BCUT2D eigenvalue weighted by Gasteiger charge is 2.34. The molecule has 2 rings (SSSR count). The Morgan fingerprint density at radius 2 is 1.79 bits per heavy atom. The Morgan fingerprint density at radius 1 is 1.11 bits per heavy atom. The lowest BCUT2D eigenvalue weighted by Gasteiger charge is -2.27. The first kappa shape index (κ1) is 31.0. The third kappa shape index (κ3) is 11.0. The van der Waals surface area contributed by atoms with Gasteiger partial charge in [0.1, 0.15) is 11.9 Å². The van der Waals surface area contributed by atoms with Gasteiger partial charge < -0.3 is 21.3 Å². The summed E-state index contributed by atoms with van der Waals surface area (Å²) in [5.41, 5.74) is 0.0129. The van der Waals surface area contributed by atoms with Crippen LogP contribution in [-0.4, -0.2) is 54.1 Å². The van der Waals surface area contributed by atoms with Gasteiger partial charge in [-0.25, -0.2) is 4.39 Å². The first-order chi connectivity index (χ1) is 17.8. The molecule has 0 aromatic heterocycles. The zero-order valence-corrected chi connectivity index (χ0v) is 22.9. The number of halogens is 2. The Balaban J connectivity index is 2.15. The van der Waals surface area contributed by atoms with Gasteiger partial charge in [-0.3, -0.25) is 24.0 Å². The number of Topliss-reactive ketones (excluding diaryl/α,β-unsaturated/α-hetero) is 1. The van der Waals surface area contributed by atoms with Crippen molar-refractivity contribution >= 4 is 47.1 Å². The van der Waals surface area contributed by atoms with Crippen molar-refractivity contribution in [3.05, 3.63) is 40.7 Å². The molecule has 1 aromatic rings. The van der Waals surface area contributed by atoms with E-state index in [4.69, 9.17) is 11.6 Å².